The van der Waals surface area contributed by atoms with Crippen LogP contribution in [0.25, 0.3) is 0 Å². The minimum absolute atomic E-state index is 0. The van der Waals surface area contributed by atoms with E-state index in [1.165, 1.54) is 11.3 Å². The zero-order chi connectivity index (χ0) is 15.5. The minimum Gasteiger partial charge on any atom is -0.437 e. The Hall–Kier alpha value is -0.411. The summed E-state index contributed by atoms with van der Waals surface area (Å²) in [5.41, 5.74) is 2.59. The first-order valence-electron chi connectivity index (χ1n) is 7.90. The van der Waals surface area contributed by atoms with Gasteiger partial charge >= 0.3 is 7.05 Å². The van der Waals surface area contributed by atoms with E-state index >= 15 is 0 Å². The normalized spacial score (nSPS) is 14.0. The van der Waals surface area contributed by atoms with Gasteiger partial charge in [-0.25, -0.2) is 0 Å². The second-order valence-corrected chi connectivity index (χ2v) is 4.49. The fraction of sp³-hybridized carbons (Fsp3) is 0.625. The maximum absolute atomic E-state index is 9.48. The first-order valence-corrected chi connectivity index (χ1v) is 7.90. The summed E-state index contributed by atoms with van der Waals surface area (Å²) in [6, 6.07) is 8.65. The van der Waals surface area contributed by atoms with Gasteiger partial charge < -0.3 is 14.7 Å². The van der Waals surface area contributed by atoms with Crippen LogP contribution in [0.4, 0.5) is 5.69 Å². The molecule has 1 fully saturated rings. The van der Waals surface area contributed by atoms with Crippen LogP contribution >= 0.6 is 0 Å². The fourth-order valence-corrected chi connectivity index (χ4v) is 2.11. The van der Waals surface area contributed by atoms with Crippen LogP contribution < -0.4 is 4.90 Å². The van der Waals surface area contributed by atoms with E-state index in [-0.39, 0.29) is 25.6 Å². The summed E-state index contributed by atoms with van der Waals surface area (Å²) in [5.74, 6) is 0. The summed E-state index contributed by atoms with van der Waals surface area (Å²) >= 11 is 0. The third-order valence-electron chi connectivity index (χ3n) is 3.24. The summed E-state index contributed by atoms with van der Waals surface area (Å²) in [4.78, 5) is 4.48. The maximum Gasteiger partial charge on any atom is 0.376 e. The zero-order valence-corrected chi connectivity index (χ0v) is 15.9. The largest absolute Gasteiger partial charge is 0.437 e. The van der Waals surface area contributed by atoms with E-state index in [0.29, 0.717) is 0 Å². The van der Waals surface area contributed by atoms with E-state index in [1.807, 2.05) is 34.5 Å². The molecule has 0 amide bonds. The first-order chi connectivity index (χ1) is 9.66. The van der Waals surface area contributed by atoms with E-state index in [1.54, 1.807) is 0 Å². The molecule has 1 N–H and O–H groups in total. The predicted molar refractivity (Wildman–Crippen MR) is 91.5 cm³/mol. The molecule has 1 saturated heterocycles. The summed E-state index contributed by atoms with van der Waals surface area (Å²) in [6.07, 6.45) is 0. The molecule has 1 aromatic carbocycles. The number of rotatable bonds is 2. The average molecular weight is 329 g/mol. The summed E-state index contributed by atoms with van der Waals surface area (Å²) in [7, 11) is -0.319. The van der Waals surface area contributed by atoms with Crippen LogP contribution in [0.1, 0.15) is 33.3 Å². The Bertz CT molecular complexity index is 339. The van der Waals surface area contributed by atoms with Crippen molar-refractivity contribution in [3.05, 3.63) is 29.8 Å². The van der Waals surface area contributed by atoms with Crippen LogP contribution in [0.5, 0.6) is 0 Å². The van der Waals surface area contributed by atoms with E-state index in [4.69, 9.17) is 0 Å². The van der Waals surface area contributed by atoms with Crippen LogP contribution in [0, 0.1) is 6.92 Å². The number of aryl methyl sites for hydroxylation is 1. The van der Waals surface area contributed by atoms with Crippen LogP contribution in [0.3, 0.4) is 0 Å². The molecule has 1 radical (unpaired) electrons. The van der Waals surface area contributed by atoms with E-state index < -0.39 is 0 Å². The molecule has 1 aliphatic rings. The number of benzene rings is 1. The van der Waals surface area contributed by atoms with Gasteiger partial charge in [0, 0.05) is 50.4 Å². The van der Waals surface area contributed by atoms with Crippen molar-refractivity contribution in [2.45, 2.75) is 41.4 Å². The van der Waals surface area contributed by atoms with Crippen molar-refractivity contribution in [2.24, 2.45) is 0 Å². The number of anilines is 1. The zero-order valence-electron chi connectivity index (χ0n) is 14.5. The number of hydrogen-bond donors (Lipinski definition) is 1. The molecule has 0 aromatic heterocycles. The molecule has 21 heavy (non-hydrogen) atoms. The number of piperazine rings is 1. The van der Waals surface area contributed by atoms with E-state index in [0.717, 1.165) is 26.2 Å². The molecule has 3 nitrogen and oxygen atoms in total. The Labute approximate surface area is 143 Å². The quantitative estimate of drug-likeness (QED) is 0.844. The second-order valence-electron chi connectivity index (χ2n) is 4.49. The van der Waals surface area contributed by atoms with Crippen LogP contribution in [0.2, 0.25) is 6.82 Å². The molecule has 119 valence electrons. The van der Waals surface area contributed by atoms with Gasteiger partial charge in [0.25, 0.3) is 0 Å². The Morgan fingerprint density at radius 3 is 1.71 bits per heavy atom. The molecule has 0 atom stereocenters. The fourth-order valence-electron chi connectivity index (χ4n) is 2.11. The molecule has 0 saturated carbocycles. The van der Waals surface area contributed by atoms with Crippen molar-refractivity contribution in [3.63, 3.8) is 0 Å². The Morgan fingerprint density at radius 1 is 0.905 bits per heavy atom. The van der Waals surface area contributed by atoms with Crippen molar-refractivity contribution < 1.29 is 23.6 Å². The van der Waals surface area contributed by atoms with Gasteiger partial charge in [0.15, 0.2) is 0 Å². The molecule has 0 bridgehead atoms. The van der Waals surface area contributed by atoms with Crippen LogP contribution in [-0.2, 0) is 18.6 Å². The monoisotopic (exact) mass is 329 g/mol. The SMILES string of the molecule is CB(O)N1CCN(c2ccc(C)cc2)CC1.CC.CC.[V]. The van der Waals surface area contributed by atoms with Gasteiger partial charge in [-0.05, 0) is 25.9 Å². The molecule has 1 heterocycles. The van der Waals surface area contributed by atoms with Gasteiger partial charge in [0.2, 0.25) is 0 Å². The Kier molecular flexibility index (Phi) is 14.4. The van der Waals surface area contributed by atoms with Crippen molar-refractivity contribution in [3.8, 4) is 0 Å². The molecular weight excluding hydrogens is 298 g/mol. The standard InChI is InChI=1S/C12H19BN2O.2C2H6.V/c1-11-3-5-12(6-4-11)14-7-9-15(10-8-14)13(2)16;2*1-2;/h3-6,16H,7-10H2,1-2H3;2*1-2H3;. The molecule has 5 heteroatoms. The summed E-state index contributed by atoms with van der Waals surface area (Å²) in [6.45, 7) is 15.8. The van der Waals surface area contributed by atoms with Crippen molar-refractivity contribution in [2.75, 3.05) is 31.1 Å². The van der Waals surface area contributed by atoms with Gasteiger partial charge in [-0.3, -0.25) is 0 Å². The molecule has 0 unspecified atom stereocenters. The summed E-state index contributed by atoms with van der Waals surface area (Å²) < 4.78 is 0. The Balaban J connectivity index is 0. The van der Waals surface area contributed by atoms with Crippen LogP contribution in [0.15, 0.2) is 24.3 Å². The minimum atomic E-state index is -0.319. The van der Waals surface area contributed by atoms with Crippen molar-refractivity contribution >= 4 is 12.7 Å². The molecule has 0 spiro atoms. The van der Waals surface area contributed by atoms with Gasteiger partial charge in [-0.2, -0.15) is 0 Å². The Morgan fingerprint density at radius 2 is 1.33 bits per heavy atom. The maximum atomic E-state index is 9.48. The molecule has 0 aliphatic carbocycles. The second kappa shape index (κ2) is 13.3. The van der Waals surface area contributed by atoms with Crippen LogP contribution in [-0.4, -0.2) is 43.1 Å². The molecule has 1 aliphatic heterocycles. The van der Waals surface area contributed by atoms with Crippen molar-refractivity contribution in [1.82, 2.24) is 4.81 Å². The number of hydrogen-bond acceptors (Lipinski definition) is 3. The van der Waals surface area contributed by atoms with Crippen molar-refractivity contribution in [1.29, 1.82) is 0 Å². The topological polar surface area (TPSA) is 26.7 Å². The van der Waals surface area contributed by atoms with Gasteiger partial charge in [0.1, 0.15) is 0 Å². The first kappa shape index (κ1) is 22.9. The number of nitrogens with zero attached hydrogens (tertiary/aromatic N) is 2. The molecule has 2 rings (SSSR count). The predicted octanol–water partition coefficient (Wildman–Crippen LogP) is 3.28. The summed E-state index contributed by atoms with van der Waals surface area (Å²) in [5, 5.41) is 9.48. The third kappa shape index (κ3) is 7.96. The van der Waals surface area contributed by atoms with Gasteiger partial charge in [-0.1, -0.05) is 45.4 Å². The van der Waals surface area contributed by atoms with Gasteiger partial charge in [-0.15, -0.1) is 0 Å². The van der Waals surface area contributed by atoms with E-state index in [2.05, 4.69) is 40.9 Å². The van der Waals surface area contributed by atoms with Gasteiger partial charge in [0.05, 0.1) is 0 Å². The molecule has 1 aromatic rings. The van der Waals surface area contributed by atoms with E-state index in [9.17, 15) is 5.02 Å². The smallest absolute Gasteiger partial charge is 0.376 e. The third-order valence-corrected chi connectivity index (χ3v) is 3.24. The molecular formula is C16H31BN2OV. The average Bonchev–Trinajstić information content (AvgIpc) is 2.52.